The molecule has 0 saturated heterocycles. The summed E-state index contributed by atoms with van der Waals surface area (Å²) in [5, 5.41) is 3.80. The highest BCUT2D eigenvalue weighted by molar-refractivity contribution is 6.36. The fraction of sp³-hybridized carbons (Fsp3) is 0.235. The van der Waals surface area contributed by atoms with Crippen LogP contribution >= 0.6 is 23.2 Å². The molecule has 5 heteroatoms. The lowest BCUT2D eigenvalue weighted by Crippen LogP contribution is -2.30. The van der Waals surface area contributed by atoms with Gasteiger partial charge in [0.1, 0.15) is 5.75 Å². The van der Waals surface area contributed by atoms with Crippen LogP contribution in [0.25, 0.3) is 0 Å². The fourth-order valence-electron chi connectivity index (χ4n) is 1.94. The van der Waals surface area contributed by atoms with E-state index in [4.69, 9.17) is 27.9 Å². The van der Waals surface area contributed by atoms with E-state index >= 15 is 0 Å². The van der Waals surface area contributed by atoms with Gasteiger partial charge in [-0.1, -0.05) is 35.3 Å². The van der Waals surface area contributed by atoms with Crippen LogP contribution in [0.15, 0.2) is 36.4 Å². The first-order chi connectivity index (χ1) is 10.4. The van der Waals surface area contributed by atoms with Crippen molar-refractivity contribution in [3.63, 3.8) is 0 Å². The van der Waals surface area contributed by atoms with Crippen molar-refractivity contribution in [3.8, 4) is 5.75 Å². The first-order valence-electron chi connectivity index (χ1n) is 6.87. The van der Waals surface area contributed by atoms with Crippen molar-refractivity contribution in [1.82, 2.24) is 0 Å². The van der Waals surface area contributed by atoms with Gasteiger partial charge in [-0.3, -0.25) is 4.79 Å². The smallest absolute Gasteiger partial charge is 0.265 e. The monoisotopic (exact) mass is 337 g/mol. The summed E-state index contributed by atoms with van der Waals surface area (Å²) in [5.74, 6) is 0.199. The standard InChI is InChI=1S/C17H17Cl2NO2/c1-10-5-4-6-13(9-10)20-17(21)12(3)22-15-8-7-14(18)11(2)16(15)19/h4-9,12H,1-3H3,(H,20,21). The highest BCUT2D eigenvalue weighted by Crippen LogP contribution is 2.33. The van der Waals surface area contributed by atoms with Crippen LogP contribution in [0, 0.1) is 13.8 Å². The zero-order chi connectivity index (χ0) is 16.3. The Hall–Kier alpha value is -1.71. The molecule has 0 saturated carbocycles. The van der Waals surface area contributed by atoms with Crippen molar-refractivity contribution in [2.75, 3.05) is 5.32 Å². The molecule has 0 fully saturated rings. The lowest BCUT2D eigenvalue weighted by molar-refractivity contribution is -0.122. The molecule has 1 atom stereocenters. The van der Waals surface area contributed by atoms with E-state index in [0.717, 1.165) is 16.8 Å². The third-order valence-corrected chi connectivity index (χ3v) is 4.12. The SMILES string of the molecule is Cc1cccc(NC(=O)C(C)Oc2ccc(Cl)c(C)c2Cl)c1. The predicted octanol–water partition coefficient (Wildman–Crippen LogP) is 5.02. The molecule has 22 heavy (non-hydrogen) atoms. The molecule has 2 aromatic rings. The maximum atomic E-state index is 12.2. The first-order valence-corrected chi connectivity index (χ1v) is 7.63. The Morgan fingerprint density at radius 2 is 1.91 bits per heavy atom. The quantitative estimate of drug-likeness (QED) is 0.850. The van der Waals surface area contributed by atoms with Crippen LogP contribution in [0.1, 0.15) is 18.1 Å². The molecule has 3 nitrogen and oxygen atoms in total. The summed E-state index contributed by atoms with van der Waals surface area (Å²) >= 11 is 12.2. The number of carbonyl (C=O) groups is 1. The van der Waals surface area contributed by atoms with Gasteiger partial charge in [0.2, 0.25) is 0 Å². The topological polar surface area (TPSA) is 38.3 Å². The molecule has 0 radical (unpaired) electrons. The second-order valence-corrected chi connectivity index (χ2v) is 5.89. The van der Waals surface area contributed by atoms with Crippen LogP contribution in [0.2, 0.25) is 10.0 Å². The molecule has 1 unspecified atom stereocenters. The minimum absolute atomic E-state index is 0.241. The molecule has 116 valence electrons. The number of hydrogen-bond donors (Lipinski definition) is 1. The Bertz CT molecular complexity index is 701. The normalized spacial score (nSPS) is 11.9. The zero-order valence-corrected chi connectivity index (χ0v) is 14.1. The molecular formula is C17H17Cl2NO2. The van der Waals surface area contributed by atoms with Gasteiger partial charge in [-0.15, -0.1) is 0 Å². The molecule has 0 aliphatic rings. The molecule has 0 aromatic heterocycles. The second kappa shape index (κ2) is 7.03. The Balaban J connectivity index is 2.07. The first kappa shape index (κ1) is 16.7. The number of halogens is 2. The minimum Gasteiger partial charge on any atom is -0.479 e. The van der Waals surface area contributed by atoms with Gasteiger partial charge >= 0.3 is 0 Å². The molecule has 0 bridgehead atoms. The minimum atomic E-state index is -0.682. The van der Waals surface area contributed by atoms with E-state index < -0.39 is 6.10 Å². The average Bonchev–Trinajstić information content (AvgIpc) is 2.47. The number of carbonyl (C=O) groups excluding carboxylic acids is 1. The van der Waals surface area contributed by atoms with Gasteiger partial charge in [0.05, 0.1) is 5.02 Å². The summed E-state index contributed by atoms with van der Waals surface area (Å²) in [6.07, 6.45) is -0.682. The number of anilines is 1. The molecule has 0 spiro atoms. The number of aryl methyl sites for hydroxylation is 1. The summed E-state index contributed by atoms with van der Waals surface area (Å²) in [6, 6.07) is 10.9. The molecule has 0 aliphatic carbocycles. The number of hydrogen-bond acceptors (Lipinski definition) is 2. The van der Waals surface area contributed by atoms with Gasteiger partial charge in [0.15, 0.2) is 6.10 Å². The molecule has 1 amide bonds. The molecule has 1 N–H and O–H groups in total. The fourth-order valence-corrected chi connectivity index (χ4v) is 2.35. The Morgan fingerprint density at radius 3 is 2.59 bits per heavy atom. The van der Waals surface area contributed by atoms with Gasteiger partial charge in [0.25, 0.3) is 5.91 Å². The van der Waals surface area contributed by atoms with Gasteiger partial charge in [0, 0.05) is 10.7 Å². The number of rotatable bonds is 4. The van der Waals surface area contributed by atoms with Gasteiger partial charge in [-0.2, -0.15) is 0 Å². The summed E-state index contributed by atoms with van der Waals surface area (Å²) < 4.78 is 5.64. The van der Waals surface area contributed by atoms with Gasteiger partial charge in [-0.05, 0) is 56.2 Å². The van der Waals surface area contributed by atoms with Crippen LogP contribution in [-0.2, 0) is 4.79 Å². The largest absolute Gasteiger partial charge is 0.479 e. The third kappa shape index (κ3) is 3.93. The molecule has 2 rings (SSSR count). The van der Waals surface area contributed by atoms with Crippen molar-refractivity contribution < 1.29 is 9.53 Å². The Morgan fingerprint density at radius 1 is 1.18 bits per heavy atom. The Kier molecular flexibility index (Phi) is 5.33. The van der Waals surface area contributed by atoms with E-state index in [0.29, 0.717) is 15.8 Å². The zero-order valence-electron chi connectivity index (χ0n) is 12.6. The molecule has 2 aromatic carbocycles. The Labute approximate surface area is 140 Å². The predicted molar refractivity (Wildman–Crippen MR) is 91.1 cm³/mol. The highest BCUT2D eigenvalue weighted by atomic mass is 35.5. The lowest BCUT2D eigenvalue weighted by Gasteiger charge is -2.17. The number of ether oxygens (including phenoxy) is 1. The third-order valence-electron chi connectivity index (χ3n) is 3.24. The van der Waals surface area contributed by atoms with Crippen LogP contribution in [-0.4, -0.2) is 12.0 Å². The van der Waals surface area contributed by atoms with Crippen LogP contribution in [0.3, 0.4) is 0 Å². The second-order valence-electron chi connectivity index (χ2n) is 5.10. The maximum Gasteiger partial charge on any atom is 0.265 e. The summed E-state index contributed by atoms with van der Waals surface area (Å²) in [6.45, 7) is 5.44. The highest BCUT2D eigenvalue weighted by Gasteiger charge is 2.17. The van der Waals surface area contributed by atoms with Crippen LogP contribution in [0.4, 0.5) is 5.69 Å². The van der Waals surface area contributed by atoms with Crippen LogP contribution < -0.4 is 10.1 Å². The van der Waals surface area contributed by atoms with Crippen molar-refractivity contribution in [2.45, 2.75) is 26.9 Å². The molecular weight excluding hydrogens is 321 g/mol. The summed E-state index contributed by atoms with van der Waals surface area (Å²) in [4.78, 5) is 12.2. The number of amides is 1. The number of nitrogens with one attached hydrogen (secondary N) is 1. The lowest BCUT2D eigenvalue weighted by atomic mass is 10.2. The summed E-state index contributed by atoms with van der Waals surface area (Å²) in [5.41, 5.74) is 2.54. The van der Waals surface area contributed by atoms with E-state index in [1.165, 1.54) is 0 Å². The summed E-state index contributed by atoms with van der Waals surface area (Å²) in [7, 11) is 0. The van der Waals surface area contributed by atoms with Crippen LogP contribution in [0.5, 0.6) is 5.75 Å². The number of benzene rings is 2. The average molecular weight is 338 g/mol. The van der Waals surface area contributed by atoms with Gasteiger partial charge < -0.3 is 10.1 Å². The van der Waals surface area contributed by atoms with Crippen molar-refractivity contribution in [3.05, 3.63) is 57.6 Å². The molecule has 0 aliphatic heterocycles. The van der Waals surface area contributed by atoms with Crippen molar-refractivity contribution in [2.24, 2.45) is 0 Å². The van der Waals surface area contributed by atoms with Crippen molar-refractivity contribution in [1.29, 1.82) is 0 Å². The van der Waals surface area contributed by atoms with Crippen molar-refractivity contribution >= 4 is 34.8 Å². The molecule has 0 heterocycles. The maximum absolute atomic E-state index is 12.2. The van der Waals surface area contributed by atoms with E-state index in [-0.39, 0.29) is 5.91 Å². The van der Waals surface area contributed by atoms with E-state index in [1.807, 2.05) is 31.2 Å². The van der Waals surface area contributed by atoms with E-state index in [1.54, 1.807) is 26.0 Å². The van der Waals surface area contributed by atoms with E-state index in [9.17, 15) is 4.79 Å². The van der Waals surface area contributed by atoms with Gasteiger partial charge in [-0.25, -0.2) is 0 Å². The van der Waals surface area contributed by atoms with E-state index in [2.05, 4.69) is 5.32 Å².